The Labute approximate surface area is 340 Å². The van der Waals surface area contributed by atoms with E-state index in [4.69, 9.17) is 14.4 Å². The molecule has 0 amide bonds. The van der Waals surface area contributed by atoms with Crippen LogP contribution < -0.4 is 5.32 Å². The van der Waals surface area contributed by atoms with Crippen LogP contribution in [0.3, 0.4) is 0 Å². The van der Waals surface area contributed by atoms with Gasteiger partial charge in [0.2, 0.25) is 0 Å². The Morgan fingerprint density at radius 3 is 1.66 bits per heavy atom. The highest BCUT2D eigenvalue weighted by molar-refractivity contribution is 6.25. The second kappa shape index (κ2) is 13.4. The summed E-state index contributed by atoms with van der Waals surface area (Å²) in [4.78, 5) is 10.7. The number of amidine groups is 2. The van der Waals surface area contributed by atoms with Crippen LogP contribution in [0.4, 0.5) is 0 Å². The molecule has 1 aliphatic rings. The van der Waals surface area contributed by atoms with Crippen LogP contribution in [-0.2, 0) is 0 Å². The molecule has 1 aromatic heterocycles. The van der Waals surface area contributed by atoms with E-state index >= 15 is 0 Å². The third-order valence-electron chi connectivity index (χ3n) is 11.9. The van der Waals surface area contributed by atoms with Crippen molar-refractivity contribution in [1.82, 2.24) is 5.32 Å². The first-order valence-electron chi connectivity index (χ1n) is 20.1. The molecule has 0 radical (unpaired) electrons. The number of furan rings is 1. The van der Waals surface area contributed by atoms with Gasteiger partial charge in [-0.05, 0) is 102 Å². The zero-order chi connectivity index (χ0) is 38.9. The van der Waals surface area contributed by atoms with Crippen molar-refractivity contribution in [1.29, 1.82) is 0 Å². The van der Waals surface area contributed by atoms with Crippen molar-refractivity contribution < 1.29 is 4.42 Å². The van der Waals surface area contributed by atoms with Gasteiger partial charge < -0.3 is 9.73 Å². The largest absolute Gasteiger partial charge is 0.455 e. The van der Waals surface area contributed by atoms with Gasteiger partial charge in [0, 0.05) is 27.3 Å². The number of nitrogens with zero attached hydrogens (tertiary/aromatic N) is 2. The topological polar surface area (TPSA) is 49.9 Å². The predicted octanol–water partition coefficient (Wildman–Crippen LogP) is 14.0. The summed E-state index contributed by atoms with van der Waals surface area (Å²) in [6.45, 7) is 0. The predicted molar refractivity (Wildman–Crippen MR) is 246 cm³/mol. The van der Waals surface area contributed by atoms with Crippen molar-refractivity contribution in [2.45, 2.75) is 6.17 Å². The van der Waals surface area contributed by atoms with Crippen molar-refractivity contribution >= 4 is 76.7 Å². The van der Waals surface area contributed by atoms with Gasteiger partial charge in [0.05, 0.1) is 0 Å². The molecular weight excluding hydrogens is 719 g/mol. The molecule has 0 bridgehead atoms. The van der Waals surface area contributed by atoms with Crippen molar-refractivity contribution in [3.05, 3.63) is 217 Å². The van der Waals surface area contributed by atoms with Crippen LogP contribution in [-0.4, -0.2) is 11.7 Å². The lowest BCUT2D eigenvalue weighted by Crippen LogP contribution is -2.33. The average Bonchev–Trinajstić information content (AvgIpc) is 3.70. The minimum absolute atomic E-state index is 0.382. The number of nitrogens with one attached hydrogen (secondary N) is 1. The van der Waals surface area contributed by atoms with Gasteiger partial charge in [0.1, 0.15) is 23.2 Å². The van der Waals surface area contributed by atoms with E-state index in [0.29, 0.717) is 5.84 Å². The molecule has 12 rings (SSSR count). The summed E-state index contributed by atoms with van der Waals surface area (Å²) in [5.41, 5.74) is 9.17. The van der Waals surface area contributed by atoms with Crippen LogP contribution in [0.15, 0.2) is 215 Å². The molecule has 0 spiro atoms. The molecule has 11 aromatic rings. The van der Waals surface area contributed by atoms with Gasteiger partial charge >= 0.3 is 0 Å². The van der Waals surface area contributed by atoms with Crippen LogP contribution >= 0.6 is 0 Å². The van der Waals surface area contributed by atoms with Crippen molar-refractivity contribution in [2.24, 2.45) is 9.98 Å². The molecule has 1 atom stereocenters. The third kappa shape index (κ3) is 5.76. The number of hydrogen-bond donors (Lipinski definition) is 1. The molecule has 4 heteroatoms. The molecule has 276 valence electrons. The zero-order valence-electron chi connectivity index (χ0n) is 31.9. The second-order valence-corrected chi connectivity index (χ2v) is 15.4. The fourth-order valence-corrected chi connectivity index (χ4v) is 8.80. The standard InChI is InChI=1S/C55H35N3O/c1-4-13-40-29-43(24-21-34(40)9-1)37-17-19-38(20-18-37)46-32-49(51-48-28-27-39-12-7-8-16-47(39)52(48)59-50(51)33-46)55-57-53(44-25-22-35-10-2-5-14-41(35)30-44)56-54(58-55)45-26-23-36-11-3-6-15-42(36)31-45/h1-33,53H,(H,56,57,58). The van der Waals surface area contributed by atoms with Gasteiger partial charge in [-0.1, -0.05) is 164 Å². The second-order valence-electron chi connectivity index (χ2n) is 15.4. The Balaban J connectivity index is 1.05. The maximum absolute atomic E-state index is 6.90. The Hall–Kier alpha value is -7.82. The van der Waals surface area contributed by atoms with E-state index in [1.165, 1.54) is 38.1 Å². The van der Waals surface area contributed by atoms with Crippen LogP contribution in [0, 0.1) is 0 Å². The molecular formula is C55H35N3O. The van der Waals surface area contributed by atoms with E-state index in [0.717, 1.165) is 71.8 Å². The molecule has 2 heterocycles. The number of benzene rings is 10. The number of aliphatic imine (C=N–C) groups is 2. The van der Waals surface area contributed by atoms with Crippen molar-refractivity contribution in [3.63, 3.8) is 0 Å². The number of hydrogen-bond acceptors (Lipinski definition) is 4. The fraction of sp³-hybridized carbons (Fsp3) is 0.0182. The van der Waals surface area contributed by atoms with E-state index in [9.17, 15) is 0 Å². The monoisotopic (exact) mass is 753 g/mol. The smallest absolute Gasteiger partial charge is 0.159 e. The maximum atomic E-state index is 6.90. The fourth-order valence-electron chi connectivity index (χ4n) is 8.80. The van der Waals surface area contributed by atoms with Gasteiger partial charge in [0.25, 0.3) is 0 Å². The molecule has 0 fully saturated rings. The van der Waals surface area contributed by atoms with E-state index in [1.807, 2.05) is 0 Å². The van der Waals surface area contributed by atoms with Crippen LogP contribution in [0.5, 0.6) is 0 Å². The lowest BCUT2D eigenvalue weighted by Gasteiger charge is -2.24. The lowest BCUT2D eigenvalue weighted by molar-refractivity contribution is 0.671. The van der Waals surface area contributed by atoms with Crippen LogP contribution in [0.2, 0.25) is 0 Å². The van der Waals surface area contributed by atoms with Gasteiger partial charge in [-0.25, -0.2) is 9.98 Å². The highest BCUT2D eigenvalue weighted by Crippen LogP contribution is 2.40. The molecule has 1 aliphatic heterocycles. The SMILES string of the molecule is c1ccc2cc(C3=NC(c4ccc5ccccc5c4)NC(c4cc(-c5ccc(-c6ccc7ccccc7c6)cc5)cc5oc6c7ccccc7ccc6c45)=N3)ccc2c1. The van der Waals surface area contributed by atoms with E-state index in [1.54, 1.807) is 0 Å². The first kappa shape index (κ1) is 33.3. The summed E-state index contributed by atoms with van der Waals surface area (Å²) >= 11 is 0. The number of rotatable bonds is 5. The first-order valence-corrected chi connectivity index (χ1v) is 20.1. The molecule has 59 heavy (non-hydrogen) atoms. The minimum Gasteiger partial charge on any atom is -0.455 e. The molecule has 0 saturated carbocycles. The molecule has 4 nitrogen and oxygen atoms in total. The lowest BCUT2D eigenvalue weighted by atomic mass is 9.95. The third-order valence-corrected chi connectivity index (χ3v) is 11.9. The quantitative estimate of drug-likeness (QED) is 0.190. The van der Waals surface area contributed by atoms with E-state index in [-0.39, 0.29) is 6.17 Å². The van der Waals surface area contributed by atoms with Crippen molar-refractivity contribution in [3.8, 4) is 22.3 Å². The molecule has 0 aliphatic carbocycles. The average molecular weight is 754 g/mol. The van der Waals surface area contributed by atoms with Crippen LogP contribution in [0.1, 0.15) is 22.9 Å². The zero-order valence-corrected chi connectivity index (χ0v) is 31.9. The summed E-state index contributed by atoms with van der Waals surface area (Å²) in [7, 11) is 0. The Morgan fingerprint density at radius 2 is 0.949 bits per heavy atom. The molecule has 1 unspecified atom stereocenters. The minimum atomic E-state index is -0.382. The molecule has 0 saturated heterocycles. The van der Waals surface area contributed by atoms with Gasteiger partial charge in [-0.3, -0.25) is 0 Å². The summed E-state index contributed by atoms with van der Waals surface area (Å²) in [5, 5.41) is 15.3. The normalized spacial score (nSPS) is 14.3. The van der Waals surface area contributed by atoms with Gasteiger partial charge in [-0.2, -0.15) is 0 Å². The highest BCUT2D eigenvalue weighted by Gasteiger charge is 2.26. The van der Waals surface area contributed by atoms with Gasteiger partial charge in [-0.15, -0.1) is 0 Å². The maximum Gasteiger partial charge on any atom is 0.159 e. The van der Waals surface area contributed by atoms with E-state index in [2.05, 4.69) is 206 Å². The molecule has 10 aromatic carbocycles. The summed E-state index contributed by atoms with van der Waals surface area (Å²) in [6, 6.07) is 71.2. The summed E-state index contributed by atoms with van der Waals surface area (Å²) in [6.07, 6.45) is -0.382. The Kier molecular flexibility index (Phi) is 7.57. The Bertz CT molecular complexity index is 3540. The Morgan fingerprint density at radius 1 is 0.407 bits per heavy atom. The van der Waals surface area contributed by atoms with E-state index < -0.39 is 0 Å². The van der Waals surface area contributed by atoms with Crippen LogP contribution in [0.25, 0.3) is 87.3 Å². The van der Waals surface area contributed by atoms with Crippen molar-refractivity contribution in [2.75, 3.05) is 0 Å². The first-order chi connectivity index (χ1) is 29.2. The summed E-state index contributed by atoms with van der Waals surface area (Å²) < 4.78 is 6.90. The van der Waals surface area contributed by atoms with Gasteiger partial charge in [0.15, 0.2) is 5.84 Å². The summed E-state index contributed by atoms with van der Waals surface area (Å²) in [5.74, 6) is 1.43. The molecule has 1 N–H and O–H groups in total. The highest BCUT2D eigenvalue weighted by atomic mass is 16.3. The number of fused-ring (bicyclic) bond motifs is 8.